The molecule has 1 heterocycles. The number of halogens is 1. The van der Waals surface area contributed by atoms with Gasteiger partial charge in [0.15, 0.2) is 5.58 Å². The molecule has 4 aromatic carbocycles. The summed E-state index contributed by atoms with van der Waals surface area (Å²) in [5.74, 6) is 0.803. The molecule has 1 aromatic heterocycles. The van der Waals surface area contributed by atoms with Gasteiger partial charge in [-0.2, -0.15) is 0 Å². The van der Waals surface area contributed by atoms with Gasteiger partial charge in [0.1, 0.15) is 11.3 Å². The molecule has 1 amide bonds. The Bertz CT molecular complexity index is 1420. The Morgan fingerprint density at radius 1 is 0.968 bits per heavy atom. The summed E-state index contributed by atoms with van der Waals surface area (Å²) in [5, 5.41) is 4.93. The number of methoxy groups -OCH3 is 1. The van der Waals surface area contributed by atoms with Gasteiger partial charge in [-0.25, -0.2) is 4.98 Å². The van der Waals surface area contributed by atoms with Crippen molar-refractivity contribution >= 4 is 49.4 Å². The fourth-order valence-electron chi connectivity index (χ4n) is 3.49. The van der Waals surface area contributed by atoms with Crippen LogP contribution in [0, 0.1) is 0 Å². The van der Waals surface area contributed by atoms with Crippen molar-refractivity contribution in [2.24, 2.45) is 0 Å². The lowest BCUT2D eigenvalue weighted by molar-refractivity contribution is 0.102. The Morgan fingerprint density at radius 3 is 2.45 bits per heavy atom. The van der Waals surface area contributed by atoms with Crippen LogP contribution in [0.2, 0.25) is 0 Å². The highest BCUT2D eigenvalue weighted by Gasteiger charge is 2.15. The van der Waals surface area contributed by atoms with E-state index in [4.69, 9.17) is 9.15 Å². The van der Waals surface area contributed by atoms with Crippen molar-refractivity contribution in [3.05, 3.63) is 88.9 Å². The second kappa shape index (κ2) is 7.89. The number of carbonyl (C=O) groups excluding carboxylic acids is 1. The monoisotopic (exact) mass is 472 g/mol. The summed E-state index contributed by atoms with van der Waals surface area (Å²) in [6.45, 7) is 0. The standard InChI is InChI=1S/C25H17BrN2O3/c1-30-23-13-17-5-3-2-4-16(17)12-20(23)24(29)27-19-10-11-22-21(14-19)28-25(31-22)15-6-8-18(26)9-7-15/h2-14H,1H3,(H,27,29). The van der Waals surface area contributed by atoms with Crippen LogP contribution in [0.3, 0.4) is 0 Å². The number of hydrogen-bond donors (Lipinski definition) is 1. The number of aromatic nitrogens is 1. The Balaban J connectivity index is 1.45. The fraction of sp³-hybridized carbons (Fsp3) is 0.0400. The summed E-state index contributed by atoms with van der Waals surface area (Å²) < 4.78 is 12.3. The summed E-state index contributed by atoms with van der Waals surface area (Å²) in [4.78, 5) is 17.6. The number of ether oxygens (including phenoxy) is 1. The maximum Gasteiger partial charge on any atom is 0.259 e. The van der Waals surface area contributed by atoms with Crippen molar-refractivity contribution in [1.29, 1.82) is 0 Å². The molecule has 0 aliphatic carbocycles. The van der Waals surface area contributed by atoms with Crippen molar-refractivity contribution in [3.8, 4) is 17.2 Å². The van der Waals surface area contributed by atoms with Crippen molar-refractivity contribution in [1.82, 2.24) is 4.98 Å². The molecule has 5 rings (SSSR count). The van der Waals surface area contributed by atoms with Gasteiger partial charge < -0.3 is 14.5 Å². The molecule has 0 bridgehead atoms. The summed E-state index contributed by atoms with van der Waals surface area (Å²) in [5.41, 5.74) is 3.30. The number of carbonyl (C=O) groups is 1. The van der Waals surface area contributed by atoms with Crippen LogP contribution in [0.25, 0.3) is 33.3 Å². The molecular formula is C25H17BrN2O3. The van der Waals surface area contributed by atoms with Crippen molar-refractivity contribution in [3.63, 3.8) is 0 Å². The molecule has 0 aliphatic rings. The van der Waals surface area contributed by atoms with Crippen LogP contribution >= 0.6 is 15.9 Å². The second-order valence-corrected chi connectivity index (χ2v) is 7.98. The van der Waals surface area contributed by atoms with Gasteiger partial charge in [0.2, 0.25) is 5.89 Å². The van der Waals surface area contributed by atoms with Crippen LogP contribution in [0.1, 0.15) is 10.4 Å². The Kier molecular flexibility index (Phi) is 4.92. The van der Waals surface area contributed by atoms with E-state index in [0.29, 0.717) is 34.0 Å². The van der Waals surface area contributed by atoms with E-state index in [9.17, 15) is 4.79 Å². The molecule has 0 saturated carbocycles. The normalized spacial score (nSPS) is 11.0. The number of hydrogen-bond acceptors (Lipinski definition) is 4. The molecule has 0 aliphatic heterocycles. The van der Waals surface area contributed by atoms with Crippen LogP contribution in [-0.2, 0) is 0 Å². The van der Waals surface area contributed by atoms with E-state index in [1.165, 1.54) is 0 Å². The van der Waals surface area contributed by atoms with E-state index in [-0.39, 0.29) is 5.91 Å². The van der Waals surface area contributed by atoms with Gasteiger partial charge in [-0.05, 0) is 65.4 Å². The minimum absolute atomic E-state index is 0.251. The number of amides is 1. The third-order valence-corrected chi connectivity index (χ3v) is 5.58. The maximum atomic E-state index is 13.0. The molecular weight excluding hydrogens is 456 g/mol. The first-order chi connectivity index (χ1) is 15.1. The van der Waals surface area contributed by atoms with E-state index in [2.05, 4.69) is 26.2 Å². The number of fused-ring (bicyclic) bond motifs is 2. The zero-order valence-electron chi connectivity index (χ0n) is 16.6. The Labute approximate surface area is 186 Å². The van der Waals surface area contributed by atoms with E-state index in [1.807, 2.05) is 60.7 Å². The minimum Gasteiger partial charge on any atom is -0.496 e. The van der Waals surface area contributed by atoms with E-state index in [1.54, 1.807) is 25.3 Å². The quantitative estimate of drug-likeness (QED) is 0.317. The van der Waals surface area contributed by atoms with Crippen molar-refractivity contribution in [2.45, 2.75) is 0 Å². The molecule has 5 nitrogen and oxygen atoms in total. The number of nitrogens with one attached hydrogen (secondary N) is 1. The number of anilines is 1. The second-order valence-electron chi connectivity index (χ2n) is 7.06. The molecule has 0 unspecified atom stereocenters. The topological polar surface area (TPSA) is 64.4 Å². The predicted octanol–water partition coefficient (Wildman–Crippen LogP) is 6.67. The number of rotatable bonds is 4. The van der Waals surface area contributed by atoms with Gasteiger partial charge in [-0.1, -0.05) is 40.2 Å². The molecule has 31 heavy (non-hydrogen) atoms. The lowest BCUT2D eigenvalue weighted by atomic mass is 10.1. The van der Waals surface area contributed by atoms with E-state index < -0.39 is 0 Å². The highest BCUT2D eigenvalue weighted by atomic mass is 79.9. The zero-order valence-corrected chi connectivity index (χ0v) is 18.1. The Hall–Kier alpha value is -3.64. The minimum atomic E-state index is -0.251. The number of oxazole rings is 1. The van der Waals surface area contributed by atoms with Crippen LogP contribution in [0.15, 0.2) is 87.8 Å². The first-order valence-electron chi connectivity index (χ1n) is 9.65. The molecule has 0 atom stereocenters. The van der Waals surface area contributed by atoms with Gasteiger partial charge in [0.05, 0.1) is 12.7 Å². The average molecular weight is 473 g/mol. The summed E-state index contributed by atoms with van der Waals surface area (Å²) in [6.07, 6.45) is 0. The van der Waals surface area contributed by atoms with Crippen LogP contribution in [0.5, 0.6) is 5.75 Å². The highest BCUT2D eigenvalue weighted by Crippen LogP contribution is 2.29. The van der Waals surface area contributed by atoms with Crippen LogP contribution in [0.4, 0.5) is 5.69 Å². The zero-order chi connectivity index (χ0) is 21.4. The number of benzene rings is 4. The van der Waals surface area contributed by atoms with Gasteiger partial charge >= 0.3 is 0 Å². The van der Waals surface area contributed by atoms with Crippen molar-refractivity contribution in [2.75, 3.05) is 12.4 Å². The molecule has 1 N–H and O–H groups in total. The molecule has 5 aromatic rings. The fourth-order valence-corrected chi connectivity index (χ4v) is 3.75. The molecule has 152 valence electrons. The van der Waals surface area contributed by atoms with Gasteiger partial charge in [-0.15, -0.1) is 0 Å². The van der Waals surface area contributed by atoms with Gasteiger partial charge in [0.25, 0.3) is 5.91 Å². The first kappa shape index (κ1) is 19.3. The molecule has 0 saturated heterocycles. The van der Waals surface area contributed by atoms with Crippen LogP contribution in [-0.4, -0.2) is 18.0 Å². The predicted molar refractivity (Wildman–Crippen MR) is 126 cm³/mol. The van der Waals surface area contributed by atoms with Gasteiger partial charge in [-0.3, -0.25) is 4.79 Å². The molecule has 0 fully saturated rings. The van der Waals surface area contributed by atoms with E-state index in [0.717, 1.165) is 20.8 Å². The smallest absolute Gasteiger partial charge is 0.259 e. The highest BCUT2D eigenvalue weighted by molar-refractivity contribution is 9.10. The summed E-state index contributed by atoms with van der Waals surface area (Å²) in [6, 6.07) is 24.7. The number of nitrogens with zero attached hydrogens (tertiary/aromatic N) is 1. The largest absolute Gasteiger partial charge is 0.496 e. The third kappa shape index (κ3) is 3.78. The first-order valence-corrected chi connectivity index (χ1v) is 10.4. The Morgan fingerprint density at radius 2 is 1.71 bits per heavy atom. The van der Waals surface area contributed by atoms with Crippen LogP contribution < -0.4 is 10.1 Å². The lowest BCUT2D eigenvalue weighted by Crippen LogP contribution is -2.13. The molecule has 0 radical (unpaired) electrons. The lowest BCUT2D eigenvalue weighted by Gasteiger charge is -2.11. The third-order valence-electron chi connectivity index (χ3n) is 5.05. The summed E-state index contributed by atoms with van der Waals surface area (Å²) in [7, 11) is 1.56. The molecule has 6 heteroatoms. The molecule has 0 spiro atoms. The van der Waals surface area contributed by atoms with Crippen molar-refractivity contribution < 1.29 is 13.9 Å². The van der Waals surface area contributed by atoms with E-state index >= 15 is 0 Å². The SMILES string of the molecule is COc1cc2ccccc2cc1C(=O)Nc1ccc2oc(-c3ccc(Br)cc3)nc2c1. The maximum absolute atomic E-state index is 13.0. The van der Waals surface area contributed by atoms with Gasteiger partial charge in [0, 0.05) is 15.7 Å². The summed E-state index contributed by atoms with van der Waals surface area (Å²) >= 11 is 3.43. The average Bonchev–Trinajstić information content (AvgIpc) is 3.22.